The Morgan fingerprint density at radius 3 is 2.55 bits per heavy atom. The van der Waals surface area contributed by atoms with Gasteiger partial charge in [-0.15, -0.1) is 10.2 Å². The number of carbonyl (C=O) groups excluding carboxylic acids is 2. The average Bonchev–Trinajstić information content (AvgIpc) is 3.52. The van der Waals surface area contributed by atoms with Gasteiger partial charge in [-0.25, -0.2) is 14.1 Å². The number of anilines is 1. The van der Waals surface area contributed by atoms with E-state index in [1.807, 2.05) is 6.07 Å². The van der Waals surface area contributed by atoms with Gasteiger partial charge in [-0.05, 0) is 48.0 Å². The minimum absolute atomic E-state index is 0.000740. The second-order valence-corrected chi connectivity index (χ2v) is 7.74. The highest BCUT2D eigenvalue weighted by Crippen LogP contribution is 2.26. The van der Waals surface area contributed by atoms with Crippen LogP contribution in [0.1, 0.15) is 43.5 Å². The van der Waals surface area contributed by atoms with Crippen molar-refractivity contribution in [1.29, 1.82) is 5.26 Å². The standard InChI is InChI=1S/C22H16F4N10O2/c1-11-6-12(9-27)7-14(19(37)28-2)17(11)30-20(38)16-8-13(10-35-33-21(31-34-35)22(24,25)26)32-36(16)18-15(23)4-3-5-29-18/h3-8H,10H2,1-2H3,(H,28,37)(H,30,38). The first kappa shape index (κ1) is 25.9. The quantitative estimate of drug-likeness (QED) is 0.361. The predicted octanol–water partition coefficient (Wildman–Crippen LogP) is 2.25. The van der Waals surface area contributed by atoms with Crippen molar-refractivity contribution in [1.82, 2.24) is 40.3 Å². The lowest BCUT2D eigenvalue weighted by Crippen LogP contribution is -2.24. The van der Waals surface area contributed by atoms with Crippen LogP contribution in [0.25, 0.3) is 5.82 Å². The summed E-state index contributed by atoms with van der Waals surface area (Å²) in [4.78, 5) is 30.3. The molecule has 0 bridgehead atoms. The summed E-state index contributed by atoms with van der Waals surface area (Å²) < 4.78 is 53.9. The van der Waals surface area contributed by atoms with Crippen molar-refractivity contribution in [2.24, 2.45) is 0 Å². The van der Waals surface area contributed by atoms with Gasteiger partial charge in [0.25, 0.3) is 17.6 Å². The molecule has 16 heteroatoms. The molecule has 12 nitrogen and oxygen atoms in total. The van der Waals surface area contributed by atoms with Crippen molar-refractivity contribution in [3.63, 3.8) is 0 Å². The SMILES string of the molecule is CNC(=O)c1cc(C#N)cc(C)c1NC(=O)c1cc(Cn2nnc(C(F)(F)F)n2)nn1-c1ncccc1F. The number of amides is 2. The van der Waals surface area contributed by atoms with E-state index >= 15 is 0 Å². The zero-order valence-corrected chi connectivity index (χ0v) is 19.6. The lowest BCUT2D eigenvalue weighted by atomic mass is 10.0. The van der Waals surface area contributed by atoms with Crippen molar-refractivity contribution in [2.75, 3.05) is 12.4 Å². The van der Waals surface area contributed by atoms with Gasteiger partial charge in [-0.3, -0.25) is 9.59 Å². The molecule has 4 rings (SSSR count). The largest absolute Gasteiger partial charge is 0.455 e. The number of nitrogens with zero attached hydrogens (tertiary/aromatic N) is 8. The molecule has 0 aliphatic carbocycles. The van der Waals surface area contributed by atoms with Crippen molar-refractivity contribution >= 4 is 17.5 Å². The van der Waals surface area contributed by atoms with E-state index in [1.54, 1.807) is 6.92 Å². The van der Waals surface area contributed by atoms with E-state index in [2.05, 4.69) is 36.1 Å². The van der Waals surface area contributed by atoms with Gasteiger partial charge in [-0.2, -0.15) is 28.3 Å². The molecule has 3 heterocycles. The van der Waals surface area contributed by atoms with E-state index in [0.29, 0.717) is 10.4 Å². The van der Waals surface area contributed by atoms with Crippen molar-refractivity contribution in [2.45, 2.75) is 19.6 Å². The number of aromatic nitrogens is 7. The predicted molar refractivity (Wildman–Crippen MR) is 120 cm³/mol. The third-order valence-electron chi connectivity index (χ3n) is 5.12. The summed E-state index contributed by atoms with van der Waals surface area (Å²) in [5, 5.41) is 27.9. The molecule has 0 fully saturated rings. The van der Waals surface area contributed by atoms with Gasteiger partial charge < -0.3 is 10.6 Å². The molecule has 0 radical (unpaired) electrons. The third kappa shape index (κ3) is 5.16. The highest BCUT2D eigenvalue weighted by atomic mass is 19.4. The molecule has 0 saturated heterocycles. The van der Waals surface area contributed by atoms with Crippen LogP contribution in [0, 0.1) is 24.1 Å². The number of nitriles is 1. The Morgan fingerprint density at radius 2 is 1.92 bits per heavy atom. The van der Waals surface area contributed by atoms with Gasteiger partial charge in [0.05, 0.1) is 28.6 Å². The van der Waals surface area contributed by atoms with Crippen molar-refractivity contribution < 1.29 is 27.2 Å². The molecular weight excluding hydrogens is 512 g/mol. The summed E-state index contributed by atoms with van der Waals surface area (Å²) >= 11 is 0. The maximum absolute atomic E-state index is 14.6. The molecule has 3 aromatic heterocycles. The fourth-order valence-electron chi connectivity index (χ4n) is 3.44. The minimum Gasteiger partial charge on any atom is -0.355 e. The van der Waals surface area contributed by atoms with E-state index in [1.165, 1.54) is 37.5 Å². The first-order chi connectivity index (χ1) is 18.0. The summed E-state index contributed by atoms with van der Waals surface area (Å²) in [6.07, 6.45) is -3.56. The number of tetrazole rings is 1. The molecular formula is C22H16F4N10O2. The van der Waals surface area contributed by atoms with Gasteiger partial charge in [0.1, 0.15) is 12.2 Å². The zero-order chi connectivity index (χ0) is 27.6. The van der Waals surface area contributed by atoms with Crippen LogP contribution in [0.2, 0.25) is 0 Å². The molecule has 2 N–H and O–H groups in total. The lowest BCUT2D eigenvalue weighted by molar-refractivity contribution is -0.145. The highest BCUT2D eigenvalue weighted by molar-refractivity contribution is 6.09. The second kappa shape index (κ2) is 10.0. The van der Waals surface area contributed by atoms with Crippen LogP contribution in [-0.4, -0.2) is 53.8 Å². The van der Waals surface area contributed by atoms with Crippen molar-refractivity contribution in [3.05, 3.63) is 76.2 Å². The molecule has 0 unspecified atom stereocenters. The van der Waals surface area contributed by atoms with Gasteiger partial charge in [-0.1, -0.05) is 0 Å². The monoisotopic (exact) mass is 528 g/mol. The normalized spacial score (nSPS) is 11.2. The van der Waals surface area contributed by atoms with Crippen LogP contribution >= 0.6 is 0 Å². The highest BCUT2D eigenvalue weighted by Gasteiger charge is 2.37. The number of halogens is 4. The molecule has 0 aliphatic rings. The van der Waals surface area contributed by atoms with E-state index in [9.17, 15) is 32.4 Å². The van der Waals surface area contributed by atoms with E-state index in [4.69, 9.17) is 0 Å². The summed E-state index contributed by atoms with van der Waals surface area (Å²) in [7, 11) is 1.37. The molecule has 4 aromatic rings. The van der Waals surface area contributed by atoms with Crippen LogP contribution in [-0.2, 0) is 12.7 Å². The zero-order valence-electron chi connectivity index (χ0n) is 19.6. The Bertz CT molecular complexity index is 1590. The first-order valence-corrected chi connectivity index (χ1v) is 10.6. The third-order valence-corrected chi connectivity index (χ3v) is 5.12. The van der Waals surface area contributed by atoms with Crippen LogP contribution in [0.3, 0.4) is 0 Å². The summed E-state index contributed by atoms with van der Waals surface area (Å²) in [6.45, 7) is 1.13. The van der Waals surface area contributed by atoms with Crippen molar-refractivity contribution in [3.8, 4) is 11.9 Å². The fraction of sp³-hybridized carbons (Fsp3) is 0.182. The fourth-order valence-corrected chi connectivity index (χ4v) is 3.44. The molecule has 0 spiro atoms. The molecule has 194 valence electrons. The van der Waals surface area contributed by atoms with Gasteiger partial charge in [0.2, 0.25) is 0 Å². The Kier molecular flexibility index (Phi) is 6.84. The maximum Gasteiger partial charge on any atom is 0.455 e. The molecule has 1 aromatic carbocycles. The molecule has 0 atom stereocenters. The van der Waals surface area contributed by atoms with Gasteiger partial charge in [0, 0.05) is 13.2 Å². The summed E-state index contributed by atoms with van der Waals surface area (Å²) in [5.74, 6) is -4.11. The number of rotatable bonds is 6. The number of hydrogen-bond acceptors (Lipinski definition) is 8. The van der Waals surface area contributed by atoms with Crippen LogP contribution < -0.4 is 10.6 Å². The Labute approximate surface area is 210 Å². The number of alkyl halides is 3. The van der Waals surface area contributed by atoms with Gasteiger partial charge in [0.15, 0.2) is 11.6 Å². The Balaban J connectivity index is 1.76. The summed E-state index contributed by atoms with van der Waals surface area (Å²) in [6, 6.07) is 8.25. The number of nitrogens with one attached hydrogen (secondary N) is 2. The van der Waals surface area contributed by atoms with Crippen LogP contribution in [0.15, 0.2) is 36.5 Å². The number of hydrogen-bond donors (Lipinski definition) is 2. The van der Waals surface area contributed by atoms with E-state index < -0.39 is 36.2 Å². The second-order valence-electron chi connectivity index (χ2n) is 7.74. The number of benzene rings is 1. The molecule has 0 aliphatic heterocycles. The van der Waals surface area contributed by atoms with Gasteiger partial charge >= 0.3 is 6.18 Å². The van der Waals surface area contributed by atoms with E-state index in [0.717, 1.165) is 10.7 Å². The average molecular weight is 528 g/mol. The Hall–Kier alpha value is -5.20. The number of pyridine rings is 1. The van der Waals surface area contributed by atoms with E-state index in [-0.39, 0.29) is 34.0 Å². The smallest absolute Gasteiger partial charge is 0.355 e. The molecule has 2 amide bonds. The maximum atomic E-state index is 14.6. The number of aryl methyl sites for hydroxylation is 1. The lowest BCUT2D eigenvalue weighted by Gasteiger charge is -2.14. The molecule has 38 heavy (non-hydrogen) atoms. The summed E-state index contributed by atoms with van der Waals surface area (Å²) in [5.41, 5.74) is 0.365. The first-order valence-electron chi connectivity index (χ1n) is 10.6. The molecule has 0 saturated carbocycles. The van der Waals surface area contributed by atoms with Crippen LogP contribution in [0.5, 0.6) is 0 Å². The number of carbonyl (C=O) groups is 2. The minimum atomic E-state index is -4.82. The topological polar surface area (TPSA) is 156 Å². The van der Waals surface area contributed by atoms with Crippen LogP contribution in [0.4, 0.5) is 23.2 Å². The Morgan fingerprint density at radius 1 is 1.16 bits per heavy atom.